The molecule has 1 aromatic rings. The molecule has 88 valence electrons. The minimum Gasteiger partial charge on any atom is -0.496 e. The molecule has 1 atom stereocenters. The molecular weight excluding hydrogens is 218 g/mol. The molecule has 0 aliphatic heterocycles. The van der Waals surface area contributed by atoms with Gasteiger partial charge in [0.1, 0.15) is 5.75 Å². The molecule has 0 saturated carbocycles. The first kappa shape index (κ1) is 13.1. The second kappa shape index (κ2) is 7.32. The average molecular weight is 237 g/mol. The van der Waals surface area contributed by atoms with Gasteiger partial charge >= 0.3 is 0 Å². The second-order valence-corrected chi connectivity index (χ2v) is 4.58. The van der Waals surface area contributed by atoms with Crippen LogP contribution in [0.1, 0.15) is 37.1 Å². The van der Waals surface area contributed by atoms with Crippen LogP contribution in [-0.2, 0) is 0 Å². The van der Waals surface area contributed by atoms with Crippen LogP contribution >= 0.6 is 11.3 Å². The van der Waals surface area contributed by atoms with Crippen LogP contribution in [0.5, 0.6) is 5.75 Å². The van der Waals surface area contributed by atoms with Crippen LogP contribution in [0.15, 0.2) is 11.4 Å². The van der Waals surface area contributed by atoms with E-state index in [1.54, 1.807) is 18.4 Å². The van der Waals surface area contributed by atoms with Crippen LogP contribution in [0.3, 0.4) is 0 Å². The first-order chi connectivity index (χ1) is 7.81. The van der Waals surface area contributed by atoms with Gasteiger partial charge in [-0.1, -0.05) is 6.92 Å². The van der Waals surface area contributed by atoms with E-state index in [1.807, 2.05) is 5.38 Å². The first-order valence-corrected chi connectivity index (χ1v) is 6.49. The van der Waals surface area contributed by atoms with Crippen LogP contribution in [0.4, 0.5) is 0 Å². The van der Waals surface area contributed by atoms with Gasteiger partial charge in [0.15, 0.2) is 0 Å². The van der Waals surface area contributed by atoms with Crippen molar-refractivity contribution < 1.29 is 4.74 Å². The molecule has 0 amide bonds. The highest BCUT2D eigenvalue weighted by molar-refractivity contribution is 7.10. The number of nitrogens with one attached hydrogen (secondary N) is 1. The SMILES string of the molecule is C#CCCC(NCCC)c1cc(OC)cs1. The lowest BCUT2D eigenvalue weighted by molar-refractivity contribution is 0.415. The standard InChI is InChI=1S/C13H19NOS/c1-4-6-7-12(14-8-5-2)13-9-11(15-3)10-16-13/h1,9-10,12,14H,5-8H2,2-3H3. The molecule has 1 heterocycles. The van der Waals surface area contributed by atoms with Crippen molar-refractivity contribution in [3.8, 4) is 18.1 Å². The van der Waals surface area contributed by atoms with Crippen LogP contribution in [0, 0.1) is 12.3 Å². The Morgan fingerprint density at radius 1 is 1.62 bits per heavy atom. The predicted molar refractivity (Wildman–Crippen MR) is 70.0 cm³/mol. The Hall–Kier alpha value is -0.980. The quantitative estimate of drug-likeness (QED) is 0.735. The molecule has 3 heteroatoms. The van der Waals surface area contributed by atoms with Gasteiger partial charge in [-0.2, -0.15) is 0 Å². The molecule has 0 bridgehead atoms. The van der Waals surface area contributed by atoms with E-state index in [1.165, 1.54) is 4.88 Å². The average Bonchev–Trinajstić information content (AvgIpc) is 2.78. The molecule has 0 spiro atoms. The van der Waals surface area contributed by atoms with Crippen molar-refractivity contribution >= 4 is 11.3 Å². The van der Waals surface area contributed by atoms with Gasteiger partial charge in [-0.3, -0.25) is 0 Å². The molecule has 1 N–H and O–H groups in total. The van der Waals surface area contributed by atoms with Crippen LogP contribution < -0.4 is 10.1 Å². The lowest BCUT2D eigenvalue weighted by Gasteiger charge is -2.15. The lowest BCUT2D eigenvalue weighted by Crippen LogP contribution is -2.21. The van der Waals surface area contributed by atoms with Gasteiger partial charge in [0.05, 0.1) is 7.11 Å². The molecular formula is C13H19NOS. The fourth-order valence-corrected chi connectivity index (χ4v) is 2.48. The van der Waals surface area contributed by atoms with Crippen molar-refractivity contribution in [3.63, 3.8) is 0 Å². The van der Waals surface area contributed by atoms with E-state index in [-0.39, 0.29) is 0 Å². The lowest BCUT2D eigenvalue weighted by atomic mass is 10.1. The number of thiophene rings is 1. The number of rotatable bonds is 7. The summed E-state index contributed by atoms with van der Waals surface area (Å²) in [6, 6.07) is 2.46. The highest BCUT2D eigenvalue weighted by Gasteiger charge is 2.12. The zero-order valence-electron chi connectivity index (χ0n) is 9.95. The molecule has 1 aromatic heterocycles. The Morgan fingerprint density at radius 2 is 2.44 bits per heavy atom. The monoisotopic (exact) mass is 237 g/mol. The first-order valence-electron chi connectivity index (χ1n) is 5.61. The zero-order chi connectivity index (χ0) is 11.8. The number of methoxy groups -OCH3 is 1. The molecule has 0 aliphatic carbocycles. The largest absolute Gasteiger partial charge is 0.496 e. The van der Waals surface area contributed by atoms with Crippen molar-refractivity contribution in [2.75, 3.05) is 13.7 Å². The number of terminal acetylenes is 1. The summed E-state index contributed by atoms with van der Waals surface area (Å²) in [6.45, 7) is 3.19. The summed E-state index contributed by atoms with van der Waals surface area (Å²) < 4.78 is 5.20. The fraction of sp³-hybridized carbons (Fsp3) is 0.538. The molecule has 1 rings (SSSR count). The van der Waals surface area contributed by atoms with Gasteiger partial charge in [-0.25, -0.2) is 0 Å². The van der Waals surface area contributed by atoms with Gasteiger partial charge in [0, 0.05) is 22.7 Å². The second-order valence-electron chi connectivity index (χ2n) is 3.64. The molecule has 0 radical (unpaired) electrons. The summed E-state index contributed by atoms with van der Waals surface area (Å²) in [5.41, 5.74) is 0. The van der Waals surface area contributed by atoms with E-state index < -0.39 is 0 Å². The molecule has 0 aliphatic rings. The van der Waals surface area contributed by atoms with Gasteiger partial charge in [-0.15, -0.1) is 23.7 Å². The topological polar surface area (TPSA) is 21.3 Å². The maximum absolute atomic E-state index is 5.32. The molecule has 16 heavy (non-hydrogen) atoms. The summed E-state index contributed by atoms with van der Waals surface area (Å²) in [7, 11) is 1.70. The van der Waals surface area contributed by atoms with Gasteiger partial charge in [0.2, 0.25) is 0 Å². The van der Waals surface area contributed by atoms with Crippen LogP contribution in [-0.4, -0.2) is 13.7 Å². The maximum atomic E-state index is 5.32. The zero-order valence-corrected chi connectivity index (χ0v) is 10.8. The Balaban J connectivity index is 2.63. The maximum Gasteiger partial charge on any atom is 0.129 e. The fourth-order valence-electron chi connectivity index (χ4n) is 1.52. The Bertz CT molecular complexity index is 340. The van der Waals surface area contributed by atoms with Crippen LogP contribution in [0.2, 0.25) is 0 Å². The number of hydrogen-bond donors (Lipinski definition) is 1. The van der Waals surface area contributed by atoms with E-state index >= 15 is 0 Å². The third kappa shape index (κ3) is 3.88. The minimum atomic E-state index is 0.366. The van der Waals surface area contributed by atoms with Crippen molar-refractivity contribution in [1.29, 1.82) is 0 Å². The third-order valence-electron chi connectivity index (χ3n) is 2.39. The van der Waals surface area contributed by atoms with Gasteiger partial charge < -0.3 is 10.1 Å². The van der Waals surface area contributed by atoms with Crippen molar-refractivity contribution in [1.82, 2.24) is 5.32 Å². The summed E-state index contributed by atoms with van der Waals surface area (Å²) in [5, 5.41) is 5.55. The summed E-state index contributed by atoms with van der Waals surface area (Å²) >= 11 is 1.73. The molecule has 0 saturated heterocycles. The number of hydrogen-bond acceptors (Lipinski definition) is 3. The molecule has 2 nitrogen and oxygen atoms in total. The highest BCUT2D eigenvalue weighted by atomic mass is 32.1. The van der Waals surface area contributed by atoms with Crippen molar-refractivity contribution in [3.05, 3.63) is 16.3 Å². The summed E-state index contributed by atoms with van der Waals surface area (Å²) in [4.78, 5) is 1.31. The van der Waals surface area contributed by atoms with Gasteiger partial charge in [-0.05, 0) is 25.5 Å². The summed E-state index contributed by atoms with van der Waals surface area (Å²) in [6.07, 6.45) is 8.24. The number of ether oxygens (including phenoxy) is 1. The van der Waals surface area contributed by atoms with E-state index in [0.29, 0.717) is 6.04 Å². The van der Waals surface area contributed by atoms with Gasteiger partial charge in [0.25, 0.3) is 0 Å². The van der Waals surface area contributed by atoms with Crippen molar-refractivity contribution in [2.45, 2.75) is 32.2 Å². The normalized spacial score (nSPS) is 12.1. The molecule has 0 aromatic carbocycles. The van der Waals surface area contributed by atoms with E-state index in [9.17, 15) is 0 Å². The Labute approximate surface area is 102 Å². The van der Waals surface area contributed by atoms with Crippen molar-refractivity contribution in [2.24, 2.45) is 0 Å². The smallest absolute Gasteiger partial charge is 0.129 e. The predicted octanol–water partition coefficient (Wildman–Crippen LogP) is 3.21. The summed E-state index contributed by atoms with van der Waals surface area (Å²) in [5.74, 6) is 3.63. The van der Waals surface area contributed by atoms with E-state index in [4.69, 9.17) is 11.2 Å². The van der Waals surface area contributed by atoms with E-state index in [2.05, 4.69) is 24.2 Å². The molecule has 1 unspecified atom stereocenters. The van der Waals surface area contributed by atoms with Crippen LogP contribution in [0.25, 0.3) is 0 Å². The Kier molecular flexibility index (Phi) is 5.99. The third-order valence-corrected chi connectivity index (χ3v) is 3.42. The Morgan fingerprint density at radius 3 is 3.00 bits per heavy atom. The molecule has 0 fully saturated rings. The highest BCUT2D eigenvalue weighted by Crippen LogP contribution is 2.29. The van der Waals surface area contributed by atoms with E-state index in [0.717, 1.165) is 31.6 Å². The minimum absolute atomic E-state index is 0.366.